The second kappa shape index (κ2) is 11.6. The van der Waals surface area contributed by atoms with E-state index < -0.39 is 12.0 Å². The van der Waals surface area contributed by atoms with Crippen LogP contribution in [0.3, 0.4) is 0 Å². The topological polar surface area (TPSA) is 101 Å². The lowest BCUT2D eigenvalue weighted by molar-refractivity contribution is -0.154. The van der Waals surface area contributed by atoms with Gasteiger partial charge in [0.2, 0.25) is 5.91 Å². The van der Waals surface area contributed by atoms with Crippen molar-refractivity contribution < 1.29 is 28.5 Å². The minimum absolute atomic E-state index is 0.0759. The van der Waals surface area contributed by atoms with Crippen LogP contribution in [0.5, 0.6) is 5.75 Å². The number of nitriles is 1. The van der Waals surface area contributed by atoms with Gasteiger partial charge in [-0.1, -0.05) is 13.0 Å². The van der Waals surface area contributed by atoms with Crippen molar-refractivity contribution >= 4 is 11.8 Å². The third kappa shape index (κ3) is 5.69. The fourth-order valence-electron chi connectivity index (χ4n) is 4.68. The maximum atomic E-state index is 13.3. The van der Waals surface area contributed by atoms with E-state index in [1.54, 1.807) is 51.2 Å². The van der Waals surface area contributed by atoms with E-state index in [1.165, 1.54) is 12.0 Å². The van der Waals surface area contributed by atoms with Crippen LogP contribution in [0, 0.1) is 17.2 Å². The van der Waals surface area contributed by atoms with Crippen LogP contribution in [0.1, 0.15) is 42.1 Å². The standard InChI is InChI=1S/C25H35N3O6/c1-16-21(32-5)14-28(3)25(30)19-8-6-7-17(13-26)23(19)33-12-11-18-9-10-20(31-4)22(34-18)15-27(2)24(16)29/h6-8,16,18,20-22H,9-12,14-15H2,1-5H3/t16-,18+,20+,21+,22-/m0/s1. The molecule has 1 aromatic carbocycles. The van der Waals surface area contributed by atoms with Gasteiger partial charge >= 0.3 is 0 Å². The highest BCUT2D eigenvalue weighted by molar-refractivity contribution is 5.97. The molecule has 2 heterocycles. The zero-order chi connectivity index (χ0) is 24.8. The highest BCUT2D eigenvalue weighted by atomic mass is 16.5. The number of ether oxygens (including phenoxy) is 4. The molecule has 0 spiro atoms. The highest BCUT2D eigenvalue weighted by Gasteiger charge is 2.36. The predicted octanol–water partition coefficient (Wildman–Crippen LogP) is 2.08. The third-order valence-corrected chi connectivity index (χ3v) is 6.79. The number of rotatable bonds is 2. The molecule has 0 saturated carbocycles. The summed E-state index contributed by atoms with van der Waals surface area (Å²) in [5, 5.41) is 9.60. The Morgan fingerprint density at radius 3 is 2.44 bits per heavy atom. The van der Waals surface area contributed by atoms with E-state index in [2.05, 4.69) is 6.07 Å². The average Bonchev–Trinajstić information content (AvgIpc) is 2.85. The predicted molar refractivity (Wildman–Crippen MR) is 125 cm³/mol. The molecule has 5 atom stereocenters. The lowest BCUT2D eigenvalue weighted by atomic mass is 9.97. The van der Waals surface area contributed by atoms with E-state index in [9.17, 15) is 14.9 Å². The summed E-state index contributed by atoms with van der Waals surface area (Å²) in [6, 6.07) is 7.07. The number of fused-ring (bicyclic) bond motifs is 3. The van der Waals surface area contributed by atoms with E-state index >= 15 is 0 Å². The summed E-state index contributed by atoms with van der Waals surface area (Å²) in [6.45, 7) is 2.70. The first-order valence-electron chi connectivity index (χ1n) is 11.7. The Morgan fingerprint density at radius 2 is 1.76 bits per heavy atom. The molecule has 0 aliphatic carbocycles. The molecule has 9 heteroatoms. The average molecular weight is 474 g/mol. The molecule has 2 aliphatic heterocycles. The molecule has 34 heavy (non-hydrogen) atoms. The van der Waals surface area contributed by atoms with E-state index in [0.717, 1.165) is 12.8 Å². The molecule has 186 valence electrons. The summed E-state index contributed by atoms with van der Waals surface area (Å²) in [4.78, 5) is 29.7. The number of carbonyl (C=O) groups excluding carboxylic acids is 2. The minimum atomic E-state index is -0.515. The lowest BCUT2D eigenvalue weighted by Gasteiger charge is -2.38. The Morgan fingerprint density at radius 1 is 1.03 bits per heavy atom. The Labute approximate surface area is 201 Å². The zero-order valence-corrected chi connectivity index (χ0v) is 20.7. The molecule has 9 nitrogen and oxygen atoms in total. The first kappa shape index (κ1) is 25.9. The number of nitrogens with zero attached hydrogens (tertiary/aromatic N) is 3. The number of amides is 2. The van der Waals surface area contributed by atoms with Gasteiger partial charge in [0.25, 0.3) is 5.91 Å². The first-order chi connectivity index (χ1) is 16.3. The molecule has 1 aromatic rings. The fraction of sp³-hybridized carbons (Fsp3) is 0.640. The molecule has 0 N–H and O–H groups in total. The van der Waals surface area contributed by atoms with E-state index in [-0.39, 0.29) is 42.4 Å². The van der Waals surface area contributed by atoms with Gasteiger partial charge in [-0.2, -0.15) is 5.26 Å². The van der Waals surface area contributed by atoms with Crippen LogP contribution in [0.4, 0.5) is 0 Å². The van der Waals surface area contributed by atoms with Gasteiger partial charge in [0.15, 0.2) is 0 Å². The maximum absolute atomic E-state index is 13.3. The van der Waals surface area contributed by atoms with Gasteiger partial charge < -0.3 is 28.7 Å². The van der Waals surface area contributed by atoms with Gasteiger partial charge in [-0.15, -0.1) is 0 Å². The molecule has 0 radical (unpaired) electrons. The second-order valence-corrected chi connectivity index (χ2v) is 9.05. The SMILES string of the molecule is CO[C@@H]1CC[C@@H]2CCOc3c(C#N)cccc3C(=O)N(C)C[C@@H](OC)[C@H](C)C(=O)N(C)C[C@@H]1O2. The normalized spacial score (nSPS) is 29.2. The highest BCUT2D eigenvalue weighted by Crippen LogP contribution is 2.28. The smallest absolute Gasteiger partial charge is 0.257 e. The van der Waals surface area contributed by atoms with Crippen molar-refractivity contribution in [3.63, 3.8) is 0 Å². The molecule has 0 unspecified atom stereocenters. The minimum Gasteiger partial charge on any atom is -0.491 e. The van der Waals surface area contributed by atoms with Crippen molar-refractivity contribution in [3.05, 3.63) is 29.3 Å². The van der Waals surface area contributed by atoms with Crippen LogP contribution < -0.4 is 4.74 Å². The van der Waals surface area contributed by atoms with Crippen LogP contribution in [0.15, 0.2) is 18.2 Å². The van der Waals surface area contributed by atoms with Crippen LogP contribution in [-0.2, 0) is 19.0 Å². The van der Waals surface area contributed by atoms with Gasteiger partial charge in [0.05, 0.1) is 42.0 Å². The van der Waals surface area contributed by atoms with Crippen molar-refractivity contribution in [2.75, 3.05) is 48.0 Å². The monoisotopic (exact) mass is 473 g/mol. The van der Waals surface area contributed by atoms with Gasteiger partial charge in [-0.25, -0.2) is 0 Å². The summed E-state index contributed by atoms with van der Waals surface area (Å²) in [7, 11) is 6.61. The molecule has 2 amide bonds. The summed E-state index contributed by atoms with van der Waals surface area (Å²) in [5.41, 5.74) is 0.609. The summed E-state index contributed by atoms with van der Waals surface area (Å²) in [5.74, 6) is -0.601. The third-order valence-electron chi connectivity index (χ3n) is 6.79. The number of methoxy groups -OCH3 is 2. The number of para-hydroxylation sites is 1. The van der Waals surface area contributed by atoms with Crippen molar-refractivity contribution in [1.29, 1.82) is 5.26 Å². The van der Waals surface area contributed by atoms with Crippen molar-refractivity contribution in [1.82, 2.24) is 9.80 Å². The molecule has 2 bridgehead atoms. The largest absolute Gasteiger partial charge is 0.491 e. The zero-order valence-electron chi connectivity index (χ0n) is 20.7. The summed E-state index contributed by atoms with van der Waals surface area (Å²) < 4.78 is 23.6. The van der Waals surface area contributed by atoms with E-state index in [4.69, 9.17) is 18.9 Å². The maximum Gasteiger partial charge on any atom is 0.257 e. The van der Waals surface area contributed by atoms with Gasteiger partial charge in [-0.05, 0) is 25.0 Å². The van der Waals surface area contributed by atoms with Crippen molar-refractivity contribution in [2.45, 2.75) is 50.6 Å². The lowest BCUT2D eigenvalue weighted by Crippen LogP contribution is -2.50. The molecule has 1 saturated heterocycles. The van der Waals surface area contributed by atoms with Crippen LogP contribution >= 0.6 is 0 Å². The molecular formula is C25H35N3O6. The molecule has 1 fully saturated rings. The quantitative estimate of drug-likeness (QED) is 0.648. The Hall–Kier alpha value is -2.67. The number of benzene rings is 1. The number of likely N-dealkylation sites (N-methyl/N-ethyl adjacent to an activating group) is 2. The van der Waals surface area contributed by atoms with E-state index in [0.29, 0.717) is 30.7 Å². The van der Waals surface area contributed by atoms with Gasteiger partial charge in [-0.3, -0.25) is 9.59 Å². The summed E-state index contributed by atoms with van der Waals surface area (Å²) in [6.07, 6.45) is 1.25. The Kier molecular flexibility index (Phi) is 8.89. The number of carbonyl (C=O) groups is 2. The summed E-state index contributed by atoms with van der Waals surface area (Å²) >= 11 is 0. The second-order valence-electron chi connectivity index (χ2n) is 9.05. The van der Waals surface area contributed by atoms with Crippen molar-refractivity contribution in [2.24, 2.45) is 5.92 Å². The molecule has 2 aliphatic rings. The molecular weight excluding hydrogens is 438 g/mol. The van der Waals surface area contributed by atoms with Crippen LogP contribution in [0.25, 0.3) is 0 Å². The number of hydrogen-bond acceptors (Lipinski definition) is 7. The van der Waals surface area contributed by atoms with Gasteiger partial charge in [0.1, 0.15) is 17.9 Å². The Balaban J connectivity index is 1.95. The number of hydrogen-bond donors (Lipinski definition) is 0. The van der Waals surface area contributed by atoms with Gasteiger partial charge in [0, 0.05) is 47.8 Å². The molecule has 3 rings (SSSR count). The first-order valence-corrected chi connectivity index (χ1v) is 11.7. The molecule has 0 aromatic heterocycles. The fourth-order valence-corrected chi connectivity index (χ4v) is 4.68. The van der Waals surface area contributed by atoms with Crippen LogP contribution in [0.2, 0.25) is 0 Å². The van der Waals surface area contributed by atoms with E-state index in [1.807, 2.05) is 0 Å². The van der Waals surface area contributed by atoms with Crippen molar-refractivity contribution in [3.8, 4) is 11.8 Å². The Bertz CT molecular complexity index is 916. The van der Waals surface area contributed by atoms with Crippen LogP contribution in [-0.4, -0.2) is 94.0 Å².